The number of carbonyl (C=O) groups excluding carboxylic acids is 1. The van der Waals surface area contributed by atoms with E-state index in [1.165, 1.54) is 5.06 Å². The van der Waals surface area contributed by atoms with Crippen LogP contribution in [0.3, 0.4) is 0 Å². The van der Waals surface area contributed by atoms with Gasteiger partial charge in [-0.1, -0.05) is 44.2 Å². The van der Waals surface area contributed by atoms with Crippen LogP contribution in [-0.4, -0.2) is 40.0 Å². The molecule has 0 aliphatic carbocycles. The fourth-order valence-corrected chi connectivity index (χ4v) is 3.95. The van der Waals surface area contributed by atoms with E-state index in [4.69, 9.17) is 9.47 Å². The third-order valence-electron chi connectivity index (χ3n) is 5.13. The van der Waals surface area contributed by atoms with Crippen LogP contribution in [0.15, 0.2) is 30.3 Å². The Morgan fingerprint density at radius 3 is 2.21 bits per heavy atom. The van der Waals surface area contributed by atoms with Crippen LogP contribution in [0.1, 0.15) is 66.4 Å². The number of hydrogen-bond donors (Lipinski definition) is 1. The van der Waals surface area contributed by atoms with E-state index in [-0.39, 0.29) is 29.9 Å². The number of piperidine rings is 1. The van der Waals surface area contributed by atoms with Crippen molar-refractivity contribution in [1.29, 1.82) is 0 Å². The second-order valence-electron chi connectivity index (χ2n) is 9.78. The first-order valence-electron chi connectivity index (χ1n) is 9.72. The first kappa shape index (κ1) is 24.9. The van der Waals surface area contributed by atoms with E-state index < -0.39 is 11.1 Å². The number of esters is 1. The van der Waals surface area contributed by atoms with Crippen LogP contribution in [0.2, 0.25) is 0 Å². The lowest BCUT2D eigenvalue weighted by molar-refractivity contribution is -0.259. The molecule has 1 N–H and O–H groups in total. The van der Waals surface area contributed by atoms with Crippen molar-refractivity contribution in [3.05, 3.63) is 35.9 Å². The number of nitrogens with zero attached hydrogens (tertiary/aromatic N) is 1. The number of hydrogen-bond acceptors (Lipinski definition) is 5. The Morgan fingerprint density at radius 1 is 1.14 bits per heavy atom. The number of benzene rings is 1. The molecule has 1 heterocycles. The van der Waals surface area contributed by atoms with Crippen LogP contribution < -0.4 is 0 Å². The molecule has 2 rings (SSSR count). The molecule has 1 aromatic rings. The Kier molecular flexibility index (Phi) is 8.51. The maximum atomic E-state index is 12.5. The molecule has 1 aliphatic heterocycles. The van der Waals surface area contributed by atoms with Gasteiger partial charge in [0.25, 0.3) is 0 Å². The van der Waals surface area contributed by atoms with E-state index in [1.54, 1.807) is 0 Å². The van der Waals surface area contributed by atoms with Gasteiger partial charge in [-0.2, -0.15) is 5.06 Å². The Morgan fingerprint density at radius 2 is 1.68 bits per heavy atom. The minimum absolute atomic E-state index is 0. The maximum absolute atomic E-state index is 12.5. The zero-order valence-corrected chi connectivity index (χ0v) is 18.8. The summed E-state index contributed by atoms with van der Waals surface area (Å²) < 4.78 is 11.6. The van der Waals surface area contributed by atoms with Crippen molar-refractivity contribution in [3.63, 3.8) is 0 Å². The second kappa shape index (κ2) is 9.57. The lowest BCUT2D eigenvalue weighted by atomic mass is 9.80. The van der Waals surface area contributed by atoms with Gasteiger partial charge in [-0.15, -0.1) is 12.4 Å². The Labute approximate surface area is 175 Å². The zero-order valence-electron chi connectivity index (χ0n) is 18.0. The second-order valence-corrected chi connectivity index (χ2v) is 9.78. The van der Waals surface area contributed by atoms with Crippen LogP contribution in [0.4, 0.5) is 0 Å². The number of rotatable bonds is 7. The van der Waals surface area contributed by atoms with Crippen molar-refractivity contribution in [3.8, 4) is 0 Å². The van der Waals surface area contributed by atoms with Crippen molar-refractivity contribution < 1.29 is 19.5 Å². The summed E-state index contributed by atoms with van der Waals surface area (Å²) in [4.78, 5) is 12.5. The molecule has 1 fully saturated rings. The average Bonchev–Trinajstić information content (AvgIpc) is 2.52. The largest absolute Gasteiger partial charge is 0.462 e. The SMILES string of the molecule is CC(C)(COCc1ccccc1)CC(=O)OC1CC(C)(C)N(O)C(C)(C)C1.Cl. The predicted molar refractivity (Wildman–Crippen MR) is 113 cm³/mol. The number of ether oxygens (including phenoxy) is 2. The molecule has 0 atom stereocenters. The molecule has 0 saturated carbocycles. The zero-order chi connectivity index (χ0) is 20.3. The molecule has 160 valence electrons. The molecular weight excluding hydrogens is 378 g/mol. The normalized spacial score (nSPS) is 19.7. The molecular formula is C22H36ClNO4. The molecule has 0 aromatic heterocycles. The maximum Gasteiger partial charge on any atom is 0.306 e. The van der Waals surface area contributed by atoms with E-state index in [1.807, 2.05) is 71.9 Å². The van der Waals surface area contributed by atoms with Gasteiger partial charge in [0.1, 0.15) is 6.10 Å². The van der Waals surface area contributed by atoms with E-state index in [2.05, 4.69) is 0 Å². The summed E-state index contributed by atoms with van der Waals surface area (Å²) in [5.74, 6) is -0.202. The van der Waals surface area contributed by atoms with Crippen LogP contribution in [-0.2, 0) is 20.9 Å². The van der Waals surface area contributed by atoms with E-state index in [0.29, 0.717) is 32.5 Å². The topological polar surface area (TPSA) is 59.0 Å². The molecule has 1 saturated heterocycles. The monoisotopic (exact) mass is 413 g/mol. The van der Waals surface area contributed by atoms with Crippen LogP contribution in [0.5, 0.6) is 0 Å². The summed E-state index contributed by atoms with van der Waals surface area (Å²) >= 11 is 0. The van der Waals surface area contributed by atoms with Gasteiger partial charge in [-0.05, 0) is 38.7 Å². The fourth-order valence-electron chi connectivity index (χ4n) is 3.95. The van der Waals surface area contributed by atoms with Crippen molar-refractivity contribution >= 4 is 18.4 Å². The molecule has 1 aliphatic rings. The summed E-state index contributed by atoms with van der Waals surface area (Å²) in [7, 11) is 0. The van der Waals surface area contributed by atoms with Gasteiger partial charge >= 0.3 is 5.97 Å². The third-order valence-corrected chi connectivity index (χ3v) is 5.13. The van der Waals surface area contributed by atoms with E-state index in [0.717, 1.165) is 5.56 Å². The summed E-state index contributed by atoms with van der Waals surface area (Å²) in [5.41, 5.74) is -0.0348. The van der Waals surface area contributed by atoms with Gasteiger partial charge in [0.15, 0.2) is 0 Å². The lowest BCUT2D eigenvalue weighted by Crippen LogP contribution is -2.60. The summed E-state index contributed by atoms with van der Waals surface area (Å²) in [6.07, 6.45) is 1.35. The minimum atomic E-state index is -0.430. The Bertz CT molecular complexity index is 613. The average molecular weight is 414 g/mol. The molecule has 0 amide bonds. The predicted octanol–water partition coefficient (Wildman–Crippen LogP) is 5.00. The van der Waals surface area contributed by atoms with Gasteiger partial charge in [-0.25, -0.2) is 0 Å². The quantitative estimate of drug-likeness (QED) is 0.637. The lowest BCUT2D eigenvalue weighted by Gasteiger charge is -2.51. The highest BCUT2D eigenvalue weighted by atomic mass is 35.5. The van der Waals surface area contributed by atoms with Gasteiger partial charge in [0.2, 0.25) is 0 Å². The Hall–Kier alpha value is -1.14. The first-order chi connectivity index (χ1) is 12.4. The number of hydroxylamine groups is 2. The van der Waals surface area contributed by atoms with Gasteiger partial charge < -0.3 is 14.7 Å². The van der Waals surface area contributed by atoms with Crippen molar-refractivity contribution in [2.45, 2.75) is 84.6 Å². The molecule has 1 aromatic carbocycles. The van der Waals surface area contributed by atoms with E-state index >= 15 is 0 Å². The highest BCUT2D eigenvalue weighted by molar-refractivity contribution is 5.85. The van der Waals surface area contributed by atoms with Gasteiger partial charge in [0, 0.05) is 23.9 Å². The standard InChI is InChI=1S/C22H35NO4.ClH/c1-20(2,16-26-15-17-10-8-7-9-11-17)14-19(24)27-18-12-21(3,4)23(25)22(5,6)13-18;/h7-11,18,25H,12-16H2,1-6H3;1H. The van der Waals surface area contributed by atoms with Crippen LogP contribution in [0.25, 0.3) is 0 Å². The summed E-state index contributed by atoms with van der Waals surface area (Å²) in [5, 5.41) is 11.8. The Balaban J connectivity index is 0.00000392. The fraction of sp³-hybridized carbons (Fsp3) is 0.682. The van der Waals surface area contributed by atoms with Crippen LogP contribution >= 0.6 is 12.4 Å². The van der Waals surface area contributed by atoms with E-state index in [9.17, 15) is 10.0 Å². The van der Waals surface area contributed by atoms with Crippen molar-refractivity contribution in [2.75, 3.05) is 6.61 Å². The third kappa shape index (κ3) is 7.03. The molecule has 0 unspecified atom stereocenters. The molecule has 0 radical (unpaired) electrons. The minimum Gasteiger partial charge on any atom is -0.462 e. The summed E-state index contributed by atoms with van der Waals surface area (Å²) in [6, 6.07) is 10.0. The molecule has 5 nitrogen and oxygen atoms in total. The van der Waals surface area contributed by atoms with Crippen LogP contribution in [0, 0.1) is 5.41 Å². The molecule has 0 spiro atoms. The van der Waals surface area contributed by atoms with Gasteiger partial charge in [-0.3, -0.25) is 4.79 Å². The van der Waals surface area contributed by atoms with Gasteiger partial charge in [0.05, 0.1) is 19.6 Å². The number of carbonyl (C=O) groups is 1. The summed E-state index contributed by atoms with van der Waals surface area (Å²) in [6.45, 7) is 12.9. The molecule has 0 bridgehead atoms. The smallest absolute Gasteiger partial charge is 0.306 e. The highest BCUT2D eigenvalue weighted by Crippen LogP contribution is 2.38. The molecule has 28 heavy (non-hydrogen) atoms. The number of halogens is 1. The first-order valence-corrected chi connectivity index (χ1v) is 9.72. The van der Waals surface area contributed by atoms with Crippen molar-refractivity contribution in [1.82, 2.24) is 5.06 Å². The van der Waals surface area contributed by atoms with Crippen molar-refractivity contribution in [2.24, 2.45) is 5.41 Å². The molecule has 6 heteroatoms. The highest BCUT2D eigenvalue weighted by Gasteiger charge is 2.46.